The van der Waals surface area contributed by atoms with Crippen molar-refractivity contribution in [3.8, 4) is 0 Å². The Bertz CT molecular complexity index is 598. The first kappa shape index (κ1) is 14.8. The van der Waals surface area contributed by atoms with Crippen molar-refractivity contribution in [3.05, 3.63) is 68.6 Å². The number of hydrogen-bond acceptors (Lipinski definition) is 1. The van der Waals surface area contributed by atoms with Gasteiger partial charge in [-0.2, -0.15) is 0 Å². The van der Waals surface area contributed by atoms with Gasteiger partial charge < -0.3 is 5.11 Å². The number of rotatable bonds is 3. The Kier molecular flexibility index (Phi) is 4.18. The van der Waals surface area contributed by atoms with Crippen LogP contribution < -0.4 is 0 Å². The maximum Gasteiger partial charge on any atom is 0.307 e. The SMILES string of the molecule is O=C(O)C1[C@@H](c2ccc(Br)cc2)C[C@H]1c1ccc(Br)cc1. The van der Waals surface area contributed by atoms with Gasteiger partial charge in [-0.25, -0.2) is 0 Å². The van der Waals surface area contributed by atoms with E-state index in [9.17, 15) is 9.90 Å². The van der Waals surface area contributed by atoms with E-state index >= 15 is 0 Å². The fraction of sp³-hybridized carbons (Fsp3) is 0.235. The molecule has 0 heterocycles. The summed E-state index contributed by atoms with van der Waals surface area (Å²) in [4.78, 5) is 11.7. The molecule has 0 aromatic heterocycles. The Morgan fingerprint density at radius 1 is 0.857 bits per heavy atom. The van der Waals surface area contributed by atoms with Crippen LogP contribution in [0.15, 0.2) is 57.5 Å². The molecule has 1 aliphatic rings. The maximum atomic E-state index is 11.7. The van der Waals surface area contributed by atoms with E-state index in [0.29, 0.717) is 0 Å². The van der Waals surface area contributed by atoms with Crippen molar-refractivity contribution < 1.29 is 9.90 Å². The van der Waals surface area contributed by atoms with E-state index < -0.39 is 5.97 Å². The largest absolute Gasteiger partial charge is 0.481 e. The third kappa shape index (κ3) is 2.92. The Morgan fingerprint density at radius 3 is 1.57 bits per heavy atom. The highest BCUT2D eigenvalue weighted by molar-refractivity contribution is 9.10. The van der Waals surface area contributed by atoms with Gasteiger partial charge in [0.1, 0.15) is 0 Å². The monoisotopic (exact) mass is 408 g/mol. The Morgan fingerprint density at radius 2 is 1.24 bits per heavy atom. The van der Waals surface area contributed by atoms with Crippen molar-refractivity contribution in [2.24, 2.45) is 5.92 Å². The molecule has 108 valence electrons. The molecule has 1 fully saturated rings. The van der Waals surface area contributed by atoms with Crippen LogP contribution in [0.2, 0.25) is 0 Å². The zero-order valence-electron chi connectivity index (χ0n) is 11.2. The third-order valence-electron chi connectivity index (χ3n) is 4.26. The van der Waals surface area contributed by atoms with Crippen molar-refractivity contribution >= 4 is 37.8 Å². The van der Waals surface area contributed by atoms with Crippen molar-refractivity contribution in [2.45, 2.75) is 18.3 Å². The van der Waals surface area contributed by atoms with Crippen LogP contribution in [0, 0.1) is 5.92 Å². The molecule has 0 spiro atoms. The fourth-order valence-electron chi connectivity index (χ4n) is 3.10. The molecule has 1 N–H and O–H groups in total. The van der Waals surface area contributed by atoms with Crippen molar-refractivity contribution in [2.75, 3.05) is 0 Å². The molecule has 1 aliphatic carbocycles. The molecule has 0 aliphatic heterocycles. The molecular formula is C17H14Br2O2. The first-order valence-corrected chi connectivity index (χ1v) is 8.38. The second kappa shape index (κ2) is 5.93. The van der Waals surface area contributed by atoms with Gasteiger partial charge in [0.15, 0.2) is 0 Å². The highest BCUT2D eigenvalue weighted by atomic mass is 79.9. The minimum absolute atomic E-state index is 0.101. The summed E-state index contributed by atoms with van der Waals surface area (Å²) in [5.74, 6) is -0.845. The summed E-state index contributed by atoms with van der Waals surface area (Å²) in [5, 5.41) is 9.59. The molecule has 1 saturated carbocycles. The molecule has 0 amide bonds. The molecule has 2 nitrogen and oxygen atoms in total. The number of carboxylic acids is 1. The minimum atomic E-state index is -0.706. The van der Waals surface area contributed by atoms with Crippen LogP contribution in [-0.4, -0.2) is 11.1 Å². The highest BCUT2D eigenvalue weighted by Gasteiger charge is 2.47. The van der Waals surface area contributed by atoms with Gasteiger partial charge in [-0.05, 0) is 53.6 Å². The lowest BCUT2D eigenvalue weighted by Crippen LogP contribution is -2.38. The van der Waals surface area contributed by atoms with Gasteiger partial charge in [0.05, 0.1) is 5.92 Å². The smallest absolute Gasteiger partial charge is 0.307 e. The van der Waals surface area contributed by atoms with Gasteiger partial charge >= 0.3 is 5.97 Å². The van der Waals surface area contributed by atoms with E-state index in [4.69, 9.17) is 0 Å². The molecule has 0 saturated heterocycles. The van der Waals surface area contributed by atoms with Crippen LogP contribution in [0.25, 0.3) is 0 Å². The summed E-state index contributed by atoms with van der Waals surface area (Å²) in [5.41, 5.74) is 2.22. The Balaban J connectivity index is 1.85. The average Bonchev–Trinajstić information content (AvgIpc) is 2.41. The molecule has 2 aromatic rings. The van der Waals surface area contributed by atoms with Crippen LogP contribution >= 0.6 is 31.9 Å². The quantitative estimate of drug-likeness (QED) is 0.757. The second-order valence-electron chi connectivity index (χ2n) is 5.42. The molecule has 1 unspecified atom stereocenters. The van der Waals surface area contributed by atoms with Crippen molar-refractivity contribution in [3.63, 3.8) is 0 Å². The van der Waals surface area contributed by atoms with Gasteiger partial charge in [-0.3, -0.25) is 4.79 Å². The number of aliphatic carboxylic acids is 1. The van der Waals surface area contributed by atoms with Crippen molar-refractivity contribution in [1.29, 1.82) is 0 Å². The standard InChI is InChI=1S/C17H14Br2O2/c18-12-5-1-10(2-6-12)14-9-15(16(14)17(20)21)11-3-7-13(19)8-4-11/h1-8,14-16H,9H2,(H,20,21)/t14-,15+,16?. The lowest BCUT2D eigenvalue weighted by atomic mass is 9.60. The average molecular weight is 410 g/mol. The molecule has 0 bridgehead atoms. The maximum absolute atomic E-state index is 11.7. The van der Waals surface area contributed by atoms with E-state index in [1.54, 1.807) is 0 Å². The molecule has 0 radical (unpaired) electrons. The summed E-state index contributed by atoms with van der Waals surface area (Å²) >= 11 is 6.83. The number of carboxylic acid groups (broad SMARTS) is 1. The van der Waals surface area contributed by atoms with Crippen LogP contribution in [0.3, 0.4) is 0 Å². The summed E-state index contributed by atoms with van der Waals surface area (Å²) < 4.78 is 2.03. The Hall–Kier alpha value is -1.13. The highest BCUT2D eigenvalue weighted by Crippen LogP contribution is 2.53. The van der Waals surface area contributed by atoms with E-state index in [1.165, 1.54) is 0 Å². The first-order valence-electron chi connectivity index (χ1n) is 6.80. The molecular weight excluding hydrogens is 396 g/mol. The molecule has 21 heavy (non-hydrogen) atoms. The van der Waals surface area contributed by atoms with Gasteiger partial charge in [-0.1, -0.05) is 56.1 Å². The Labute approximate surface area is 140 Å². The molecule has 2 aromatic carbocycles. The lowest BCUT2D eigenvalue weighted by Gasteiger charge is -2.43. The predicted molar refractivity (Wildman–Crippen MR) is 89.5 cm³/mol. The molecule has 3 atom stereocenters. The number of hydrogen-bond donors (Lipinski definition) is 1. The zero-order valence-corrected chi connectivity index (χ0v) is 14.3. The van der Waals surface area contributed by atoms with Crippen LogP contribution in [0.4, 0.5) is 0 Å². The summed E-state index contributed by atoms with van der Waals surface area (Å²) in [6.07, 6.45) is 0.889. The second-order valence-corrected chi connectivity index (χ2v) is 7.25. The molecule has 3 rings (SSSR count). The lowest BCUT2D eigenvalue weighted by molar-refractivity contribution is -0.146. The predicted octanol–water partition coefficient (Wildman–Crippen LogP) is 5.18. The van der Waals surface area contributed by atoms with Gasteiger partial charge in [0.25, 0.3) is 0 Å². The summed E-state index contributed by atoms with van der Waals surface area (Å²) in [6, 6.07) is 16.0. The minimum Gasteiger partial charge on any atom is -0.481 e. The summed E-state index contributed by atoms with van der Waals surface area (Å²) in [6.45, 7) is 0. The van der Waals surface area contributed by atoms with Crippen LogP contribution in [0.1, 0.15) is 29.4 Å². The van der Waals surface area contributed by atoms with Gasteiger partial charge in [-0.15, -0.1) is 0 Å². The third-order valence-corrected chi connectivity index (χ3v) is 5.31. The summed E-state index contributed by atoms with van der Waals surface area (Å²) in [7, 11) is 0. The van der Waals surface area contributed by atoms with Gasteiger partial charge in [0, 0.05) is 8.95 Å². The topological polar surface area (TPSA) is 37.3 Å². The van der Waals surface area contributed by atoms with E-state index in [1.807, 2.05) is 48.5 Å². The van der Waals surface area contributed by atoms with E-state index in [2.05, 4.69) is 31.9 Å². The normalized spacial score (nSPS) is 24.4. The number of benzene rings is 2. The van der Waals surface area contributed by atoms with Crippen LogP contribution in [0.5, 0.6) is 0 Å². The number of halogens is 2. The number of carbonyl (C=O) groups is 1. The fourth-order valence-corrected chi connectivity index (χ4v) is 3.63. The van der Waals surface area contributed by atoms with Crippen molar-refractivity contribution in [1.82, 2.24) is 0 Å². The van der Waals surface area contributed by atoms with Gasteiger partial charge in [0.2, 0.25) is 0 Å². The van der Waals surface area contributed by atoms with E-state index in [-0.39, 0.29) is 17.8 Å². The molecule has 4 heteroatoms. The zero-order chi connectivity index (χ0) is 15.0. The first-order chi connectivity index (χ1) is 10.1. The van der Waals surface area contributed by atoms with Crippen LogP contribution in [-0.2, 0) is 4.79 Å². The van der Waals surface area contributed by atoms with E-state index in [0.717, 1.165) is 26.5 Å².